The summed E-state index contributed by atoms with van der Waals surface area (Å²) in [5, 5.41) is 9.31. The predicted molar refractivity (Wildman–Crippen MR) is 336 cm³/mol. The van der Waals surface area contributed by atoms with Crippen molar-refractivity contribution in [2.75, 3.05) is 92.0 Å². The molecule has 86 heavy (non-hydrogen) atoms. The number of benzene rings is 4. The number of nitrogens with one attached hydrogen (secondary N) is 5. The number of ether oxygens (including phenoxy) is 1. The molecule has 4 fully saturated rings. The molecule has 4 aliphatic heterocycles. The van der Waals surface area contributed by atoms with E-state index >= 15 is 0 Å². The maximum absolute atomic E-state index is 14.0. The molecule has 8 aromatic rings. The highest BCUT2D eigenvalue weighted by Crippen LogP contribution is 2.38. The summed E-state index contributed by atoms with van der Waals surface area (Å²) in [6.45, 7) is 9.68. The number of nitrogens with two attached hydrogens (primary N) is 1. The molecule has 468 valence electrons. The molecule has 7 N–H and O–H groups in total. The van der Waals surface area contributed by atoms with Crippen molar-refractivity contribution in [1.29, 1.82) is 0 Å². The first-order valence-corrected chi connectivity index (χ1v) is 35.7. The van der Waals surface area contributed by atoms with Gasteiger partial charge in [-0.3, -0.25) is 0 Å². The molecule has 4 aromatic heterocycles. The van der Waals surface area contributed by atoms with Crippen LogP contribution in [0.3, 0.4) is 0 Å². The van der Waals surface area contributed by atoms with Crippen molar-refractivity contribution in [1.82, 2.24) is 46.2 Å². The van der Waals surface area contributed by atoms with Crippen LogP contribution >= 0.6 is 0 Å². The van der Waals surface area contributed by atoms with Crippen LogP contribution in [0.2, 0.25) is 0 Å². The zero-order chi connectivity index (χ0) is 61.4. The van der Waals surface area contributed by atoms with Gasteiger partial charge in [-0.15, -0.1) is 0 Å². The smallest absolute Gasteiger partial charge is 0.281 e. The summed E-state index contributed by atoms with van der Waals surface area (Å²) in [5.74, 6) is 0.115. The van der Waals surface area contributed by atoms with Crippen LogP contribution in [0.15, 0.2) is 110 Å². The molecule has 0 radical (unpaired) electrons. The Morgan fingerprint density at radius 3 is 1.31 bits per heavy atom. The predicted octanol–water partition coefficient (Wildman–Crippen LogP) is 8.90. The summed E-state index contributed by atoms with van der Waals surface area (Å²) in [5.41, 5.74) is 8.56. The summed E-state index contributed by atoms with van der Waals surface area (Å²) in [4.78, 5) is 12.8. The fraction of sp³-hybridized carbons (Fsp3) is 0.467. The number of nitrogens with zero attached hydrogens (tertiary/aromatic N) is 5. The Kier molecular flexibility index (Phi) is 21.3. The van der Waals surface area contributed by atoms with E-state index in [1.54, 1.807) is 21.9 Å². The van der Waals surface area contributed by atoms with Crippen molar-refractivity contribution >= 4 is 84.3 Å². The van der Waals surface area contributed by atoms with Crippen molar-refractivity contribution in [3.8, 4) is 0 Å². The molecule has 0 unspecified atom stereocenters. The minimum atomic E-state index is -3.54. The largest absolute Gasteiger partial charge is 0.383 e. The van der Waals surface area contributed by atoms with E-state index in [-0.39, 0.29) is 5.92 Å². The Morgan fingerprint density at radius 2 is 0.907 bits per heavy atom. The topological polar surface area (TPSA) is 263 Å². The van der Waals surface area contributed by atoms with Gasteiger partial charge in [0.15, 0.2) is 0 Å². The third-order valence-electron chi connectivity index (χ3n) is 17.3. The zero-order valence-electron chi connectivity index (χ0n) is 49.2. The number of piperidine rings is 4. The third-order valence-corrected chi connectivity index (χ3v) is 23.5. The Hall–Kier alpha value is -5.62. The summed E-state index contributed by atoms with van der Waals surface area (Å²) in [6, 6.07) is 26.9. The average molecular weight is 1270 g/mol. The molecule has 0 amide bonds. The SMILES string of the molecule is CCN(CC)S(=O)(=O)N1CCC(c2c[nH]c3ccccc23)CC1.COCCNS(=O)(=O)N1CCC(c2c[nH]c3ccccc23)CC1.CS(=O)(=O)N1CCC(c2c[nH]c3cc(F)cc(F)c23)CC1.NS(=O)(=O)N1CCC(c2c[nH]c3ccccc23)CC1. The summed E-state index contributed by atoms with van der Waals surface area (Å²) >= 11 is 0. The molecule has 0 bridgehead atoms. The maximum atomic E-state index is 14.0. The highest BCUT2D eigenvalue weighted by Gasteiger charge is 2.34. The van der Waals surface area contributed by atoms with Crippen molar-refractivity contribution in [3.63, 3.8) is 0 Å². The van der Waals surface area contributed by atoms with Gasteiger partial charge in [-0.1, -0.05) is 68.4 Å². The van der Waals surface area contributed by atoms with Crippen LogP contribution in [0, 0.1) is 11.6 Å². The molecule has 20 nitrogen and oxygen atoms in total. The monoisotopic (exact) mass is 1270 g/mol. The van der Waals surface area contributed by atoms with Crippen LogP contribution in [-0.2, 0) is 45.4 Å². The number of rotatable bonds is 15. The fourth-order valence-corrected chi connectivity index (χ4v) is 17.1. The van der Waals surface area contributed by atoms with E-state index in [1.807, 2.05) is 50.4 Å². The standard InChI is InChI=1S/C17H25N3O2S.C16H23N3O3S.C14H16F2N2O2S.C13H17N3O2S/c1-3-19(4-2)23(21,22)20-11-9-14(10-12-20)16-13-18-17-8-6-5-7-15(16)17;1-22-11-8-18-23(20,21)19-9-6-13(7-10-19)15-12-17-16-5-3-2-4-14(15)16;1-21(19,20)18-4-2-9(3-5-18)11-8-17-13-7-10(15)6-12(16)14(11)13;14-19(17,18)16-7-5-10(6-8-16)12-9-15-13-4-2-1-3-11(12)13/h5-8,13-14,18H,3-4,9-12H2,1-2H3;2-5,12-13,17-18H,6-11H2,1H3;6-9,17H,2-5H2,1H3;1-4,9-10,15H,5-8H2,(H2,14,17,18). The van der Waals surface area contributed by atoms with E-state index in [9.17, 15) is 42.5 Å². The van der Waals surface area contributed by atoms with Crippen molar-refractivity contribution < 1.29 is 47.2 Å². The van der Waals surface area contributed by atoms with Crippen molar-refractivity contribution in [2.45, 2.75) is 88.9 Å². The van der Waals surface area contributed by atoms with Gasteiger partial charge in [0.2, 0.25) is 10.0 Å². The molecule has 0 spiro atoms. The Bertz CT molecular complexity index is 4010. The van der Waals surface area contributed by atoms with E-state index in [0.717, 1.165) is 66.7 Å². The molecule has 26 heteroatoms. The molecular weight excluding hydrogens is 1180 g/mol. The quantitative estimate of drug-likeness (QED) is 0.0535. The van der Waals surface area contributed by atoms with Gasteiger partial charge >= 0.3 is 0 Å². The van der Waals surface area contributed by atoms with Gasteiger partial charge in [0.05, 0.1) is 18.4 Å². The molecule has 4 aromatic carbocycles. The molecule has 0 saturated carbocycles. The van der Waals surface area contributed by atoms with Crippen LogP contribution < -0.4 is 9.86 Å². The number of aromatic amines is 4. The van der Waals surface area contributed by atoms with E-state index < -0.39 is 52.3 Å². The van der Waals surface area contributed by atoms with Gasteiger partial charge in [-0.05, 0) is 122 Å². The maximum Gasteiger partial charge on any atom is 0.281 e. The lowest BCUT2D eigenvalue weighted by Gasteiger charge is -2.34. The summed E-state index contributed by atoms with van der Waals surface area (Å²) < 4.78 is 137. The number of sulfonamides is 1. The van der Waals surface area contributed by atoms with Crippen LogP contribution in [0.1, 0.15) is 111 Å². The number of hydrogen-bond donors (Lipinski definition) is 6. The normalized spacial score (nSPS) is 18.3. The summed E-state index contributed by atoms with van der Waals surface area (Å²) in [7, 11) is -11.8. The lowest BCUT2D eigenvalue weighted by atomic mass is 9.90. The van der Waals surface area contributed by atoms with E-state index in [1.165, 1.54) is 58.1 Å². The lowest BCUT2D eigenvalue weighted by Crippen LogP contribution is -2.46. The van der Waals surface area contributed by atoms with Gasteiger partial charge in [0.1, 0.15) is 11.6 Å². The van der Waals surface area contributed by atoms with Gasteiger partial charge < -0.3 is 24.7 Å². The number of H-pyrrole nitrogens is 4. The van der Waals surface area contributed by atoms with Crippen LogP contribution in [0.25, 0.3) is 43.6 Å². The van der Waals surface area contributed by atoms with Crippen LogP contribution in [0.5, 0.6) is 0 Å². The van der Waals surface area contributed by atoms with Crippen molar-refractivity contribution in [3.05, 3.63) is 144 Å². The second-order valence-corrected chi connectivity index (χ2v) is 29.6. The second kappa shape index (κ2) is 28.3. The Balaban J connectivity index is 0.000000137. The number of para-hydroxylation sites is 3. The van der Waals surface area contributed by atoms with Gasteiger partial charge in [0, 0.05) is 148 Å². The van der Waals surface area contributed by atoms with E-state index in [4.69, 9.17) is 9.88 Å². The molecule has 0 atom stereocenters. The number of hydrogen-bond acceptors (Lipinski definition) is 9. The number of fused-ring (bicyclic) bond motifs is 4. The highest BCUT2D eigenvalue weighted by molar-refractivity contribution is 7.88. The van der Waals surface area contributed by atoms with Crippen LogP contribution in [0.4, 0.5) is 8.78 Å². The lowest BCUT2D eigenvalue weighted by molar-refractivity contribution is 0.203. The first kappa shape index (κ1) is 64.8. The van der Waals surface area contributed by atoms with Gasteiger partial charge in [-0.25, -0.2) is 26.6 Å². The first-order valence-electron chi connectivity index (χ1n) is 29.5. The summed E-state index contributed by atoms with van der Waals surface area (Å²) in [6.07, 6.45) is 15.4. The first-order chi connectivity index (χ1) is 41.1. The van der Waals surface area contributed by atoms with Crippen molar-refractivity contribution in [2.24, 2.45) is 5.14 Å². The van der Waals surface area contributed by atoms with Gasteiger partial charge in [-0.2, -0.15) is 47.2 Å². The van der Waals surface area contributed by atoms with E-state index in [0.29, 0.717) is 120 Å². The molecule has 12 rings (SSSR count). The Labute approximate surface area is 504 Å². The van der Waals surface area contributed by atoms with Gasteiger partial charge in [0.25, 0.3) is 30.6 Å². The third kappa shape index (κ3) is 15.3. The molecular formula is C60H81F2N11O9S4. The molecule has 8 heterocycles. The number of methoxy groups -OCH3 is 1. The molecule has 4 aliphatic rings. The molecule has 0 aliphatic carbocycles. The minimum Gasteiger partial charge on any atom is -0.383 e. The molecule has 4 saturated heterocycles. The minimum absolute atomic E-state index is 0.0803. The number of halogens is 2. The highest BCUT2D eigenvalue weighted by atomic mass is 32.2. The van der Waals surface area contributed by atoms with E-state index in [2.05, 4.69) is 79.5 Å². The van der Waals surface area contributed by atoms with Crippen LogP contribution in [-0.4, -0.2) is 167 Å². The fourth-order valence-electron chi connectivity index (χ4n) is 12.6. The number of aromatic nitrogens is 4. The zero-order valence-corrected chi connectivity index (χ0v) is 52.5. The Morgan fingerprint density at radius 1 is 0.535 bits per heavy atom. The average Bonchev–Trinajstić information content (AvgIpc) is 4.51. The second-order valence-electron chi connectivity index (χ2n) is 22.4.